The average Bonchev–Trinajstić information content (AvgIpc) is 2.62. The van der Waals surface area contributed by atoms with Crippen molar-refractivity contribution in [1.29, 1.82) is 0 Å². The molecular formula is C10H12BrNO. The van der Waals surface area contributed by atoms with Crippen molar-refractivity contribution in [3.05, 3.63) is 28.2 Å². The fourth-order valence-corrected chi connectivity index (χ4v) is 2.11. The van der Waals surface area contributed by atoms with Gasteiger partial charge in [-0.05, 0) is 52.5 Å². The molecule has 1 aromatic carbocycles. The van der Waals surface area contributed by atoms with E-state index in [0.717, 1.165) is 17.6 Å². The molecule has 0 spiro atoms. The van der Waals surface area contributed by atoms with Crippen molar-refractivity contribution < 1.29 is 5.11 Å². The lowest BCUT2D eigenvalue weighted by molar-refractivity contribution is 0.471. The van der Waals surface area contributed by atoms with E-state index in [2.05, 4.69) is 21.2 Å². The largest absolute Gasteiger partial charge is 0.507 e. The summed E-state index contributed by atoms with van der Waals surface area (Å²) in [7, 11) is 0. The quantitative estimate of drug-likeness (QED) is 0.791. The molecule has 70 valence electrons. The lowest BCUT2D eigenvalue weighted by atomic mass is 9.99. The second-order valence-electron chi connectivity index (χ2n) is 3.40. The molecular weight excluding hydrogens is 230 g/mol. The number of benzene rings is 1. The van der Waals surface area contributed by atoms with E-state index in [-0.39, 0.29) is 0 Å². The Labute approximate surface area is 86.1 Å². The number of aromatic hydroxyl groups is 1. The van der Waals surface area contributed by atoms with Crippen molar-refractivity contribution in [2.24, 2.45) is 0 Å². The Morgan fingerprint density at radius 1 is 1.46 bits per heavy atom. The minimum Gasteiger partial charge on any atom is -0.507 e. The maximum Gasteiger partial charge on any atom is 0.129 e. The summed E-state index contributed by atoms with van der Waals surface area (Å²) < 4.78 is 0.789. The Balaban J connectivity index is 2.25. The number of nitrogens with one attached hydrogen (secondary N) is 1. The van der Waals surface area contributed by atoms with Gasteiger partial charge in [0.2, 0.25) is 0 Å². The topological polar surface area (TPSA) is 32.3 Å². The Bertz CT molecular complexity index is 308. The summed E-state index contributed by atoms with van der Waals surface area (Å²) in [5.41, 5.74) is 1.30. The fourth-order valence-electron chi connectivity index (χ4n) is 1.72. The molecule has 0 bridgehead atoms. The van der Waals surface area contributed by atoms with Crippen molar-refractivity contribution in [2.45, 2.75) is 12.3 Å². The normalized spacial score (nSPS) is 22.1. The van der Waals surface area contributed by atoms with E-state index in [1.165, 1.54) is 12.0 Å². The minimum absolute atomic E-state index is 0.315. The first-order chi connectivity index (χ1) is 6.27. The van der Waals surface area contributed by atoms with Crippen LogP contribution in [0.15, 0.2) is 22.7 Å². The van der Waals surface area contributed by atoms with Gasteiger partial charge in [-0.2, -0.15) is 0 Å². The van der Waals surface area contributed by atoms with E-state index in [1.807, 2.05) is 12.1 Å². The fraction of sp³-hybridized carbons (Fsp3) is 0.400. The molecule has 1 atom stereocenters. The first kappa shape index (κ1) is 9.03. The molecule has 0 amide bonds. The van der Waals surface area contributed by atoms with Gasteiger partial charge in [0.25, 0.3) is 0 Å². The van der Waals surface area contributed by atoms with Crippen LogP contribution in [0.2, 0.25) is 0 Å². The van der Waals surface area contributed by atoms with Crippen molar-refractivity contribution in [3.8, 4) is 5.75 Å². The minimum atomic E-state index is 0.315. The van der Waals surface area contributed by atoms with Gasteiger partial charge in [0.05, 0.1) is 4.47 Å². The molecule has 1 saturated heterocycles. The SMILES string of the molecule is Oc1ccc([C@H]2CCNC2)cc1Br. The van der Waals surface area contributed by atoms with Crippen LogP contribution in [0.3, 0.4) is 0 Å². The number of hydrogen-bond acceptors (Lipinski definition) is 2. The third-order valence-electron chi connectivity index (χ3n) is 2.50. The van der Waals surface area contributed by atoms with E-state index >= 15 is 0 Å². The molecule has 2 rings (SSSR count). The predicted octanol–water partition coefficient (Wildman–Crippen LogP) is 2.23. The van der Waals surface area contributed by atoms with Crippen LogP contribution in [0.4, 0.5) is 0 Å². The summed E-state index contributed by atoms with van der Waals surface area (Å²) in [4.78, 5) is 0. The summed E-state index contributed by atoms with van der Waals surface area (Å²) in [6.07, 6.45) is 1.19. The van der Waals surface area contributed by atoms with Gasteiger partial charge < -0.3 is 10.4 Å². The summed E-state index contributed by atoms with van der Waals surface area (Å²) in [6.45, 7) is 2.15. The molecule has 2 N–H and O–H groups in total. The Kier molecular flexibility index (Phi) is 2.56. The second-order valence-corrected chi connectivity index (χ2v) is 4.25. The van der Waals surface area contributed by atoms with E-state index in [1.54, 1.807) is 6.07 Å². The van der Waals surface area contributed by atoms with Gasteiger partial charge in [-0.1, -0.05) is 6.07 Å². The van der Waals surface area contributed by atoms with Crippen LogP contribution in [0, 0.1) is 0 Å². The predicted molar refractivity (Wildman–Crippen MR) is 56.0 cm³/mol. The van der Waals surface area contributed by atoms with Crippen LogP contribution in [-0.2, 0) is 0 Å². The van der Waals surface area contributed by atoms with Crippen LogP contribution in [-0.4, -0.2) is 18.2 Å². The molecule has 3 heteroatoms. The van der Waals surface area contributed by atoms with Gasteiger partial charge in [-0.15, -0.1) is 0 Å². The van der Waals surface area contributed by atoms with E-state index in [0.29, 0.717) is 11.7 Å². The number of phenolic OH excluding ortho intramolecular Hbond substituents is 1. The molecule has 1 fully saturated rings. The van der Waals surface area contributed by atoms with Gasteiger partial charge in [-0.3, -0.25) is 0 Å². The highest BCUT2D eigenvalue weighted by Gasteiger charge is 2.16. The number of halogens is 1. The lowest BCUT2D eigenvalue weighted by Gasteiger charge is -2.09. The zero-order valence-corrected chi connectivity index (χ0v) is 8.84. The van der Waals surface area contributed by atoms with Gasteiger partial charge >= 0.3 is 0 Å². The van der Waals surface area contributed by atoms with Gasteiger partial charge in [0, 0.05) is 6.54 Å². The standard InChI is InChI=1S/C10H12BrNO/c11-9-5-7(1-2-10(9)13)8-3-4-12-6-8/h1-2,5,8,12-13H,3-4,6H2/t8-/m0/s1. The van der Waals surface area contributed by atoms with Crippen molar-refractivity contribution in [2.75, 3.05) is 13.1 Å². The molecule has 1 heterocycles. The molecule has 0 aliphatic carbocycles. The first-order valence-corrected chi connectivity index (χ1v) is 5.26. The molecule has 0 unspecified atom stereocenters. The monoisotopic (exact) mass is 241 g/mol. The van der Waals surface area contributed by atoms with Crippen LogP contribution in [0.25, 0.3) is 0 Å². The highest BCUT2D eigenvalue weighted by Crippen LogP contribution is 2.30. The highest BCUT2D eigenvalue weighted by molar-refractivity contribution is 9.10. The third kappa shape index (κ3) is 1.86. The third-order valence-corrected chi connectivity index (χ3v) is 3.14. The summed E-state index contributed by atoms with van der Waals surface area (Å²) in [5.74, 6) is 0.923. The number of phenols is 1. The maximum atomic E-state index is 9.32. The number of hydrogen-bond donors (Lipinski definition) is 2. The van der Waals surface area contributed by atoms with Crippen LogP contribution in [0.1, 0.15) is 17.9 Å². The van der Waals surface area contributed by atoms with E-state index in [9.17, 15) is 5.11 Å². The van der Waals surface area contributed by atoms with E-state index < -0.39 is 0 Å². The maximum absolute atomic E-state index is 9.32. The van der Waals surface area contributed by atoms with E-state index in [4.69, 9.17) is 0 Å². The molecule has 2 nitrogen and oxygen atoms in total. The van der Waals surface area contributed by atoms with Gasteiger partial charge in [0.15, 0.2) is 0 Å². The first-order valence-electron chi connectivity index (χ1n) is 4.46. The van der Waals surface area contributed by atoms with Crippen LogP contribution >= 0.6 is 15.9 Å². The molecule has 13 heavy (non-hydrogen) atoms. The van der Waals surface area contributed by atoms with Crippen molar-refractivity contribution in [3.63, 3.8) is 0 Å². The Hall–Kier alpha value is -0.540. The zero-order chi connectivity index (χ0) is 9.26. The average molecular weight is 242 g/mol. The summed E-state index contributed by atoms with van der Waals surface area (Å²) >= 11 is 3.32. The molecule has 0 radical (unpaired) electrons. The number of rotatable bonds is 1. The molecule has 1 aliphatic rings. The van der Waals surface area contributed by atoms with Crippen molar-refractivity contribution in [1.82, 2.24) is 5.32 Å². The lowest BCUT2D eigenvalue weighted by Crippen LogP contribution is -2.07. The molecule has 0 aromatic heterocycles. The second kappa shape index (κ2) is 3.68. The van der Waals surface area contributed by atoms with Gasteiger partial charge in [0.1, 0.15) is 5.75 Å². The smallest absolute Gasteiger partial charge is 0.129 e. The van der Waals surface area contributed by atoms with Crippen LogP contribution < -0.4 is 5.32 Å². The zero-order valence-electron chi connectivity index (χ0n) is 7.26. The molecule has 0 saturated carbocycles. The molecule has 1 aliphatic heterocycles. The van der Waals surface area contributed by atoms with Crippen LogP contribution in [0.5, 0.6) is 5.75 Å². The van der Waals surface area contributed by atoms with Gasteiger partial charge in [-0.25, -0.2) is 0 Å². The Morgan fingerprint density at radius 2 is 2.31 bits per heavy atom. The molecule has 1 aromatic rings. The Morgan fingerprint density at radius 3 is 2.92 bits per heavy atom. The summed E-state index contributed by atoms with van der Waals surface area (Å²) in [5, 5.41) is 12.7. The van der Waals surface area contributed by atoms with Crippen molar-refractivity contribution >= 4 is 15.9 Å². The highest BCUT2D eigenvalue weighted by atomic mass is 79.9. The summed E-state index contributed by atoms with van der Waals surface area (Å²) in [6, 6.07) is 5.75.